The summed E-state index contributed by atoms with van der Waals surface area (Å²) in [5, 5.41) is 1.06. The topological polar surface area (TPSA) is 16.1 Å². The summed E-state index contributed by atoms with van der Waals surface area (Å²) in [6.45, 7) is 2.18. The molecule has 1 aliphatic rings. The lowest BCUT2D eigenvalue weighted by atomic mass is 10.2. The first-order valence-corrected chi connectivity index (χ1v) is 7.21. The molecular weight excluding hydrogens is 264 g/mol. The van der Waals surface area contributed by atoms with E-state index in [4.69, 9.17) is 0 Å². The highest BCUT2D eigenvalue weighted by molar-refractivity contribution is 9.09. The van der Waals surface area contributed by atoms with E-state index in [1.54, 1.807) is 0 Å². The molecule has 3 heteroatoms. The third-order valence-corrected chi connectivity index (χ3v) is 3.68. The van der Waals surface area contributed by atoms with Gasteiger partial charge in [0.15, 0.2) is 0 Å². The first kappa shape index (κ1) is 12.1. The lowest BCUT2D eigenvalue weighted by molar-refractivity contribution is 0.202. The Labute approximate surface area is 106 Å². The lowest BCUT2D eigenvalue weighted by Crippen LogP contribution is -2.34. The van der Waals surface area contributed by atoms with Crippen LogP contribution in [0.25, 0.3) is 0 Å². The van der Waals surface area contributed by atoms with E-state index >= 15 is 0 Å². The van der Waals surface area contributed by atoms with Crippen molar-refractivity contribution in [2.75, 3.05) is 11.9 Å². The van der Waals surface area contributed by atoms with Gasteiger partial charge in [0.25, 0.3) is 0 Å². The van der Waals surface area contributed by atoms with Gasteiger partial charge in [0, 0.05) is 36.9 Å². The summed E-state index contributed by atoms with van der Waals surface area (Å²) in [4.78, 5) is 6.78. The van der Waals surface area contributed by atoms with E-state index in [1.807, 2.05) is 18.5 Å². The zero-order valence-corrected chi connectivity index (χ0v) is 11.2. The molecular formula is C13H19BrN2. The van der Waals surface area contributed by atoms with Crippen LogP contribution in [0.1, 0.15) is 31.2 Å². The molecule has 0 amide bonds. The molecule has 0 saturated heterocycles. The van der Waals surface area contributed by atoms with Crippen molar-refractivity contribution in [3.8, 4) is 0 Å². The number of aromatic nitrogens is 1. The van der Waals surface area contributed by atoms with E-state index in [0.29, 0.717) is 0 Å². The van der Waals surface area contributed by atoms with Crippen LogP contribution in [0.5, 0.6) is 0 Å². The molecule has 0 N–H and O–H groups in total. The SMILES string of the molecule is BrCCN(Cc1cccnc1)C1CCCC1. The van der Waals surface area contributed by atoms with Crippen LogP contribution in [0.2, 0.25) is 0 Å². The highest BCUT2D eigenvalue weighted by Gasteiger charge is 2.21. The molecule has 1 aromatic heterocycles. The summed E-state index contributed by atoms with van der Waals surface area (Å²) in [7, 11) is 0. The second-order valence-electron chi connectivity index (χ2n) is 4.46. The maximum atomic E-state index is 4.19. The van der Waals surface area contributed by atoms with Crippen molar-refractivity contribution >= 4 is 15.9 Å². The second kappa shape index (κ2) is 6.36. The van der Waals surface area contributed by atoms with Gasteiger partial charge in [-0.2, -0.15) is 0 Å². The van der Waals surface area contributed by atoms with E-state index in [0.717, 1.165) is 24.5 Å². The van der Waals surface area contributed by atoms with Crippen LogP contribution >= 0.6 is 15.9 Å². The summed E-state index contributed by atoms with van der Waals surface area (Å²) >= 11 is 3.55. The van der Waals surface area contributed by atoms with Crippen LogP contribution in [-0.2, 0) is 6.54 Å². The quantitative estimate of drug-likeness (QED) is 0.771. The van der Waals surface area contributed by atoms with Crippen molar-refractivity contribution in [1.82, 2.24) is 9.88 Å². The van der Waals surface area contributed by atoms with Gasteiger partial charge in [-0.1, -0.05) is 34.8 Å². The van der Waals surface area contributed by atoms with Gasteiger partial charge >= 0.3 is 0 Å². The minimum atomic E-state index is 0.790. The molecule has 16 heavy (non-hydrogen) atoms. The molecule has 1 heterocycles. The van der Waals surface area contributed by atoms with Crippen molar-refractivity contribution in [2.45, 2.75) is 38.3 Å². The molecule has 1 aromatic rings. The molecule has 88 valence electrons. The second-order valence-corrected chi connectivity index (χ2v) is 5.25. The maximum Gasteiger partial charge on any atom is 0.0312 e. The largest absolute Gasteiger partial charge is 0.295 e. The number of halogens is 1. The zero-order chi connectivity index (χ0) is 11.2. The molecule has 0 radical (unpaired) electrons. The average Bonchev–Trinajstić information content (AvgIpc) is 2.83. The van der Waals surface area contributed by atoms with Gasteiger partial charge in [0.2, 0.25) is 0 Å². The van der Waals surface area contributed by atoms with Gasteiger partial charge in [-0.15, -0.1) is 0 Å². The molecule has 0 spiro atoms. The molecule has 0 unspecified atom stereocenters. The number of nitrogens with zero attached hydrogens (tertiary/aromatic N) is 2. The van der Waals surface area contributed by atoms with Crippen LogP contribution in [-0.4, -0.2) is 27.8 Å². The van der Waals surface area contributed by atoms with Crippen LogP contribution < -0.4 is 0 Å². The maximum absolute atomic E-state index is 4.19. The van der Waals surface area contributed by atoms with Gasteiger partial charge < -0.3 is 0 Å². The standard InChI is InChI=1S/C13H19BrN2/c14-7-9-16(13-5-1-2-6-13)11-12-4-3-8-15-10-12/h3-4,8,10,13H,1-2,5-7,9,11H2. The minimum absolute atomic E-state index is 0.790. The molecule has 1 saturated carbocycles. The Bertz CT molecular complexity index is 296. The predicted octanol–water partition coefficient (Wildman–Crippen LogP) is 3.22. The zero-order valence-electron chi connectivity index (χ0n) is 9.61. The Balaban J connectivity index is 1.96. The smallest absolute Gasteiger partial charge is 0.0312 e. The third kappa shape index (κ3) is 3.29. The minimum Gasteiger partial charge on any atom is -0.295 e. The fourth-order valence-electron chi connectivity index (χ4n) is 2.49. The number of hydrogen-bond donors (Lipinski definition) is 0. The van der Waals surface area contributed by atoms with E-state index < -0.39 is 0 Å². The third-order valence-electron chi connectivity index (χ3n) is 3.32. The van der Waals surface area contributed by atoms with Gasteiger partial charge in [0.1, 0.15) is 0 Å². The summed E-state index contributed by atoms with van der Waals surface area (Å²) < 4.78 is 0. The van der Waals surface area contributed by atoms with E-state index in [9.17, 15) is 0 Å². The van der Waals surface area contributed by atoms with E-state index in [1.165, 1.54) is 31.2 Å². The van der Waals surface area contributed by atoms with Gasteiger partial charge in [0.05, 0.1) is 0 Å². The van der Waals surface area contributed by atoms with Crippen LogP contribution in [0.15, 0.2) is 24.5 Å². The van der Waals surface area contributed by atoms with Crippen LogP contribution in [0.3, 0.4) is 0 Å². The molecule has 2 nitrogen and oxygen atoms in total. The van der Waals surface area contributed by atoms with Gasteiger partial charge in [-0.25, -0.2) is 0 Å². The van der Waals surface area contributed by atoms with Crippen molar-refractivity contribution in [3.05, 3.63) is 30.1 Å². The van der Waals surface area contributed by atoms with Crippen molar-refractivity contribution < 1.29 is 0 Å². The van der Waals surface area contributed by atoms with E-state index in [-0.39, 0.29) is 0 Å². The molecule has 2 rings (SSSR count). The number of hydrogen-bond acceptors (Lipinski definition) is 2. The van der Waals surface area contributed by atoms with Crippen LogP contribution in [0, 0.1) is 0 Å². The molecule has 0 atom stereocenters. The van der Waals surface area contributed by atoms with Gasteiger partial charge in [-0.3, -0.25) is 9.88 Å². The Kier molecular flexibility index (Phi) is 4.79. The molecule has 0 bridgehead atoms. The molecule has 1 fully saturated rings. The Hall–Kier alpha value is -0.410. The number of alkyl halides is 1. The Morgan fingerprint density at radius 1 is 1.38 bits per heavy atom. The highest BCUT2D eigenvalue weighted by Crippen LogP contribution is 2.24. The summed E-state index contributed by atoms with van der Waals surface area (Å²) in [6, 6.07) is 4.98. The monoisotopic (exact) mass is 282 g/mol. The van der Waals surface area contributed by atoms with Crippen molar-refractivity contribution in [3.63, 3.8) is 0 Å². The first-order valence-electron chi connectivity index (χ1n) is 6.09. The highest BCUT2D eigenvalue weighted by atomic mass is 79.9. The molecule has 0 aromatic carbocycles. The lowest BCUT2D eigenvalue weighted by Gasteiger charge is -2.28. The fourth-order valence-corrected chi connectivity index (χ4v) is 2.95. The summed E-state index contributed by atoms with van der Waals surface area (Å²) in [6.07, 6.45) is 9.36. The van der Waals surface area contributed by atoms with Crippen LogP contribution in [0.4, 0.5) is 0 Å². The van der Waals surface area contributed by atoms with Crippen molar-refractivity contribution in [1.29, 1.82) is 0 Å². The van der Waals surface area contributed by atoms with Crippen molar-refractivity contribution in [2.24, 2.45) is 0 Å². The normalized spacial score (nSPS) is 17.1. The van der Waals surface area contributed by atoms with Gasteiger partial charge in [-0.05, 0) is 24.5 Å². The van der Waals surface area contributed by atoms with E-state index in [2.05, 4.69) is 31.9 Å². The number of rotatable bonds is 5. The summed E-state index contributed by atoms with van der Waals surface area (Å²) in [5.41, 5.74) is 1.33. The number of pyridine rings is 1. The Morgan fingerprint density at radius 3 is 2.81 bits per heavy atom. The predicted molar refractivity (Wildman–Crippen MR) is 70.7 cm³/mol. The molecule has 0 aliphatic heterocycles. The average molecular weight is 283 g/mol. The fraction of sp³-hybridized carbons (Fsp3) is 0.615. The summed E-state index contributed by atoms with van der Waals surface area (Å²) in [5.74, 6) is 0. The molecule has 1 aliphatic carbocycles. The Morgan fingerprint density at radius 2 is 2.19 bits per heavy atom. The first-order chi connectivity index (χ1) is 7.90.